The van der Waals surface area contributed by atoms with E-state index in [1.165, 1.54) is 28.8 Å². The van der Waals surface area contributed by atoms with E-state index < -0.39 is 29.8 Å². The predicted octanol–water partition coefficient (Wildman–Crippen LogP) is 7.96. The van der Waals surface area contributed by atoms with Gasteiger partial charge in [-0.1, -0.05) is 37.3 Å². The van der Waals surface area contributed by atoms with Crippen molar-refractivity contribution in [3.8, 4) is 17.2 Å². The summed E-state index contributed by atoms with van der Waals surface area (Å²) in [5.41, 5.74) is 4.77. The van der Waals surface area contributed by atoms with Gasteiger partial charge in [0.2, 0.25) is 5.91 Å². The largest absolute Gasteiger partial charge is 0.486 e. The van der Waals surface area contributed by atoms with Crippen molar-refractivity contribution in [3.05, 3.63) is 118 Å². The molecular formula is C41H46F3N3O5. The number of benzene rings is 4. The number of nitrogens with one attached hydrogen (secondary N) is 1. The number of carbonyl (C=O) groups excluding carboxylic acids is 2. The van der Waals surface area contributed by atoms with Crippen molar-refractivity contribution in [2.45, 2.75) is 65.9 Å². The third-order valence-electron chi connectivity index (χ3n) is 9.61. The fourth-order valence-corrected chi connectivity index (χ4v) is 6.29. The molecule has 0 saturated heterocycles. The Labute approximate surface area is 303 Å². The number of amides is 2. The highest BCUT2D eigenvalue weighted by Gasteiger charge is 2.35. The number of carbonyl (C=O) groups is 2. The summed E-state index contributed by atoms with van der Waals surface area (Å²) < 4.78 is 51.9. The number of aryl methyl sites for hydroxylation is 2. The molecule has 4 aromatic carbocycles. The maximum absolute atomic E-state index is 13.8. The van der Waals surface area contributed by atoms with Crippen molar-refractivity contribution in [2.24, 2.45) is 5.92 Å². The summed E-state index contributed by atoms with van der Waals surface area (Å²) >= 11 is 0. The van der Waals surface area contributed by atoms with Crippen molar-refractivity contribution in [1.29, 1.82) is 0 Å². The van der Waals surface area contributed by atoms with Crippen LogP contribution in [0.15, 0.2) is 78.9 Å². The summed E-state index contributed by atoms with van der Waals surface area (Å²) in [6.45, 7) is 11.2. The molecule has 0 bridgehead atoms. The molecule has 11 heteroatoms. The van der Waals surface area contributed by atoms with Gasteiger partial charge in [-0.3, -0.25) is 14.5 Å². The molecule has 0 spiro atoms. The molecule has 0 fully saturated rings. The number of ether oxygens (including phenoxy) is 2. The zero-order valence-corrected chi connectivity index (χ0v) is 30.4. The lowest BCUT2D eigenvalue weighted by molar-refractivity contribution is -0.137. The van der Waals surface area contributed by atoms with E-state index in [0.717, 1.165) is 29.2 Å². The molecule has 0 saturated carbocycles. The highest BCUT2D eigenvalue weighted by atomic mass is 19.4. The number of halogens is 3. The maximum atomic E-state index is 13.8. The Bertz CT molecular complexity index is 1860. The first-order chi connectivity index (χ1) is 24.6. The minimum atomic E-state index is -4.48. The molecule has 0 aromatic heterocycles. The van der Waals surface area contributed by atoms with Gasteiger partial charge in [-0.05, 0) is 111 Å². The summed E-state index contributed by atoms with van der Waals surface area (Å²) in [5, 5.41) is 12.8. The van der Waals surface area contributed by atoms with Crippen LogP contribution in [0.3, 0.4) is 0 Å². The normalized spacial score (nSPS) is 16.8. The summed E-state index contributed by atoms with van der Waals surface area (Å²) in [5.74, 6) is 0.747. The first kappa shape index (κ1) is 38.4. The number of hydrogen-bond acceptors (Lipinski definition) is 6. The molecule has 2 N–H and O–H groups in total. The van der Waals surface area contributed by atoms with Gasteiger partial charge in [0.15, 0.2) is 5.75 Å². The van der Waals surface area contributed by atoms with Crippen molar-refractivity contribution >= 4 is 17.5 Å². The summed E-state index contributed by atoms with van der Waals surface area (Å²) in [6, 6.07) is 20.8. The Kier molecular flexibility index (Phi) is 12.0. The number of anilines is 1. The average Bonchev–Trinajstić information content (AvgIpc) is 3.09. The SMILES string of the molecule is Cc1cc(Oc2ccc(CN(C)C[C@H]3Oc4c(NC(=O)Cc5ccc(C(F)(F)F)cc5)cccc4C(=O)N([C@@H](C)CO)C[C@H]3C)cc2)cc(C)c1C. The van der Waals surface area contributed by atoms with Crippen LogP contribution in [0.4, 0.5) is 18.9 Å². The van der Waals surface area contributed by atoms with Crippen molar-refractivity contribution in [2.75, 3.05) is 32.1 Å². The van der Waals surface area contributed by atoms with Crippen molar-refractivity contribution in [1.82, 2.24) is 9.80 Å². The fraction of sp³-hybridized carbons (Fsp3) is 0.366. The molecule has 0 aliphatic carbocycles. The molecule has 8 nitrogen and oxygen atoms in total. The van der Waals surface area contributed by atoms with E-state index in [-0.39, 0.29) is 41.9 Å². The van der Waals surface area contributed by atoms with Gasteiger partial charge in [0.05, 0.1) is 35.9 Å². The Balaban J connectivity index is 1.33. The van der Waals surface area contributed by atoms with Gasteiger partial charge in [0.25, 0.3) is 5.91 Å². The number of hydrogen-bond donors (Lipinski definition) is 2. The van der Waals surface area contributed by atoms with Crippen LogP contribution in [0.25, 0.3) is 0 Å². The zero-order chi connectivity index (χ0) is 37.7. The highest BCUT2D eigenvalue weighted by Crippen LogP contribution is 2.36. The lowest BCUT2D eigenvalue weighted by atomic mass is 9.98. The molecule has 5 rings (SSSR count). The van der Waals surface area contributed by atoms with Crippen LogP contribution < -0.4 is 14.8 Å². The lowest BCUT2D eigenvalue weighted by Crippen LogP contribution is -2.49. The van der Waals surface area contributed by atoms with Crippen LogP contribution in [0.2, 0.25) is 0 Å². The van der Waals surface area contributed by atoms with Crippen LogP contribution in [0.5, 0.6) is 17.2 Å². The second kappa shape index (κ2) is 16.2. The Hall–Kier alpha value is -4.87. The van der Waals surface area contributed by atoms with Gasteiger partial charge in [0, 0.05) is 25.6 Å². The highest BCUT2D eigenvalue weighted by molar-refractivity contribution is 6.02. The molecule has 4 aromatic rings. The number of aliphatic hydroxyl groups is 1. The molecule has 1 aliphatic heterocycles. The van der Waals surface area contributed by atoms with Crippen LogP contribution in [0.1, 0.15) is 57.6 Å². The monoisotopic (exact) mass is 717 g/mol. The van der Waals surface area contributed by atoms with Gasteiger partial charge in [-0.2, -0.15) is 13.2 Å². The second-order valence-corrected chi connectivity index (χ2v) is 13.8. The summed E-state index contributed by atoms with van der Waals surface area (Å²) in [7, 11) is 1.98. The van der Waals surface area contributed by atoms with Crippen LogP contribution in [-0.2, 0) is 23.9 Å². The summed E-state index contributed by atoms with van der Waals surface area (Å²) in [6.07, 6.45) is -5.08. The van der Waals surface area contributed by atoms with Crippen LogP contribution >= 0.6 is 0 Å². The number of aliphatic hydroxyl groups excluding tert-OH is 1. The van der Waals surface area contributed by atoms with Gasteiger partial charge >= 0.3 is 6.18 Å². The average molecular weight is 718 g/mol. The topological polar surface area (TPSA) is 91.3 Å². The predicted molar refractivity (Wildman–Crippen MR) is 195 cm³/mol. The minimum Gasteiger partial charge on any atom is -0.486 e. The molecule has 276 valence electrons. The third-order valence-corrected chi connectivity index (χ3v) is 9.61. The number of fused-ring (bicyclic) bond motifs is 1. The number of nitrogens with zero attached hydrogens (tertiary/aromatic N) is 2. The number of likely N-dealkylation sites (N-methyl/N-ethyl adjacent to an activating group) is 1. The molecule has 1 aliphatic rings. The number of para-hydroxylation sites is 1. The van der Waals surface area contributed by atoms with Gasteiger partial charge in [-0.25, -0.2) is 0 Å². The van der Waals surface area contributed by atoms with E-state index in [2.05, 4.69) is 31.0 Å². The molecule has 52 heavy (non-hydrogen) atoms. The Morgan fingerprint density at radius 2 is 1.63 bits per heavy atom. The Morgan fingerprint density at radius 3 is 2.25 bits per heavy atom. The maximum Gasteiger partial charge on any atom is 0.416 e. The molecule has 1 heterocycles. The zero-order valence-electron chi connectivity index (χ0n) is 30.4. The van der Waals surface area contributed by atoms with E-state index in [9.17, 15) is 27.9 Å². The van der Waals surface area contributed by atoms with E-state index in [4.69, 9.17) is 9.47 Å². The van der Waals surface area contributed by atoms with E-state index >= 15 is 0 Å². The van der Waals surface area contributed by atoms with Gasteiger partial charge < -0.3 is 24.8 Å². The number of rotatable bonds is 11. The van der Waals surface area contributed by atoms with Crippen molar-refractivity contribution < 1.29 is 37.3 Å². The third kappa shape index (κ3) is 9.32. The van der Waals surface area contributed by atoms with Crippen molar-refractivity contribution in [3.63, 3.8) is 0 Å². The van der Waals surface area contributed by atoms with Crippen LogP contribution in [0, 0.1) is 26.7 Å². The van der Waals surface area contributed by atoms with Gasteiger partial charge in [-0.15, -0.1) is 0 Å². The molecule has 3 atom stereocenters. The minimum absolute atomic E-state index is 0.165. The first-order valence-electron chi connectivity index (χ1n) is 17.3. The van der Waals surface area contributed by atoms with E-state index in [0.29, 0.717) is 25.2 Å². The standard InChI is InChI=1S/C41H46F3N3O5/c1-25-18-34(19-26(2)29(25)5)51-33-16-12-31(13-17-33)22-46(6)23-37-27(3)21-47(28(4)24-48)40(50)35-8-7-9-36(39(35)52-37)45-38(49)20-30-10-14-32(15-11-30)41(42,43)44/h7-19,27-28,37,48H,20-24H2,1-6H3,(H,45,49)/t27-,28+,37-/m1/s1. The first-order valence-corrected chi connectivity index (χ1v) is 17.3. The fourth-order valence-electron chi connectivity index (χ4n) is 6.29. The van der Waals surface area contributed by atoms with Gasteiger partial charge in [0.1, 0.15) is 17.6 Å². The van der Waals surface area contributed by atoms with Crippen LogP contribution in [-0.4, -0.2) is 65.6 Å². The van der Waals surface area contributed by atoms with E-state index in [1.54, 1.807) is 30.0 Å². The molecule has 2 amide bonds. The molecule has 0 unspecified atom stereocenters. The number of alkyl halides is 3. The molecular weight excluding hydrogens is 671 g/mol. The smallest absolute Gasteiger partial charge is 0.416 e. The quantitative estimate of drug-likeness (QED) is 0.164. The lowest BCUT2D eigenvalue weighted by Gasteiger charge is -2.38. The second-order valence-electron chi connectivity index (χ2n) is 13.8. The Morgan fingerprint density at radius 1 is 1.00 bits per heavy atom. The molecule has 0 radical (unpaired) electrons. The summed E-state index contributed by atoms with van der Waals surface area (Å²) in [4.78, 5) is 30.8. The van der Waals surface area contributed by atoms with E-state index in [1.807, 2.05) is 50.4 Å².